The average Bonchev–Trinajstić information content (AvgIpc) is 2.32. The number of hydrogen-bond donors (Lipinski definition) is 0. The SMILES string of the molecule is CC(C)(C)CC(=O)CCOCc1ccc(CC(C)(C)C)cc1. The molecule has 0 atom stereocenters. The van der Waals surface area contributed by atoms with E-state index in [1.165, 1.54) is 11.1 Å². The normalized spacial score (nSPS) is 12.5. The number of carbonyl (C=O) groups excluding carboxylic acids is 1. The van der Waals surface area contributed by atoms with Crippen LogP contribution in [0, 0.1) is 10.8 Å². The first-order valence-electron chi connectivity index (χ1n) is 8.22. The Hall–Kier alpha value is -1.15. The molecule has 0 N–H and O–H groups in total. The third-order valence-electron chi connectivity index (χ3n) is 3.28. The highest BCUT2D eigenvalue weighted by molar-refractivity contribution is 5.79. The Morgan fingerprint density at radius 2 is 1.45 bits per heavy atom. The lowest BCUT2D eigenvalue weighted by Gasteiger charge is -2.18. The second-order valence-electron chi connectivity index (χ2n) is 8.63. The molecular weight excluding hydrogens is 272 g/mol. The summed E-state index contributed by atoms with van der Waals surface area (Å²) in [5.41, 5.74) is 2.91. The van der Waals surface area contributed by atoms with Gasteiger partial charge in [0.15, 0.2) is 0 Å². The summed E-state index contributed by atoms with van der Waals surface area (Å²) in [6, 6.07) is 8.60. The molecule has 0 heterocycles. The van der Waals surface area contributed by atoms with Crippen molar-refractivity contribution in [1.82, 2.24) is 0 Å². The van der Waals surface area contributed by atoms with Gasteiger partial charge < -0.3 is 4.74 Å². The number of ether oxygens (including phenoxy) is 1. The van der Waals surface area contributed by atoms with Crippen LogP contribution in [-0.4, -0.2) is 12.4 Å². The fraction of sp³-hybridized carbons (Fsp3) is 0.650. The molecule has 0 aliphatic heterocycles. The summed E-state index contributed by atoms with van der Waals surface area (Å²) in [5.74, 6) is 0.285. The minimum absolute atomic E-state index is 0.0694. The predicted octanol–water partition coefficient (Wildman–Crippen LogP) is 5.19. The Labute approximate surface area is 136 Å². The lowest BCUT2D eigenvalue weighted by atomic mass is 9.88. The van der Waals surface area contributed by atoms with E-state index < -0.39 is 0 Å². The third-order valence-corrected chi connectivity index (χ3v) is 3.28. The van der Waals surface area contributed by atoms with Gasteiger partial charge >= 0.3 is 0 Å². The summed E-state index contributed by atoms with van der Waals surface area (Å²) in [5, 5.41) is 0. The second-order valence-corrected chi connectivity index (χ2v) is 8.63. The highest BCUT2D eigenvalue weighted by atomic mass is 16.5. The molecule has 1 aromatic rings. The van der Waals surface area contributed by atoms with Crippen LogP contribution in [0.1, 0.15) is 65.5 Å². The summed E-state index contributed by atoms with van der Waals surface area (Å²) in [6.07, 6.45) is 2.21. The molecule has 0 radical (unpaired) electrons. The monoisotopic (exact) mass is 304 g/mol. The molecule has 0 aliphatic rings. The average molecular weight is 304 g/mol. The molecule has 0 unspecified atom stereocenters. The van der Waals surface area contributed by atoms with E-state index in [-0.39, 0.29) is 11.2 Å². The number of benzene rings is 1. The molecular formula is C20H32O2. The van der Waals surface area contributed by atoms with Crippen LogP contribution in [0.5, 0.6) is 0 Å². The number of rotatable bonds is 7. The van der Waals surface area contributed by atoms with E-state index in [0.717, 1.165) is 6.42 Å². The van der Waals surface area contributed by atoms with Crippen LogP contribution in [-0.2, 0) is 22.6 Å². The fourth-order valence-corrected chi connectivity index (χ4v) is 2.42. The Bertz CT molecular complexity index is 458. The molecule has 2 nitrogen and oxygen atoms in total. The molecule has 0 aromatic heterocycles. The van der Waals surface area contributed by atoms with Crippen LogP contribution in [0.25, 0.3) is 0 Å². The van der Waals surface area contributed by atoms with Gasteiger partial charge in [-0.2, -0.15) is 0 Å². The Morgan fingerprint density at radius 1 is 0.909 bits per heavy atom. The minimum atomic E-state index is 0.0694. The van der Waals surface area contributed by atoms with Crippen molar-refractivity contribution in [2.75, 3.05) is 6.61 Å². The van der Waals surface area contributed by atoms with E-state index >= 15 is 0 Å². The van der Waals surface area contributed by atoms with Gasteiger partial charge in [0.25, 0.3) is 0 Å². The zero-order chi connectivity index (χ0) is 16.8. The molecule has 1 rings (SSSR count). The molecule has 2 heteroatoms. The van der Waals surface area contributed by atoms with Crippen molar-refractivity contribution >= 4 is 5.78 Å². The van der Waals surface area contributed by atoms with Crippen LogP contribution in [0.3, 0.4) is 0 Å². The van der Waals surface area contributed by atoms with Gasteiger partial charge in [-0.25, -0.2) is 0 Å². The highest BCUT2D eigenvalue weighted by Gasteiger charge is 2.15. The molecule has 0 bridgehead atoms. The zero-order valence-electron chi connectivity index (χ0n) is 15.2. The van der Waals surface area contributed by atoms with Crippen LogP contribution < -0.4 is 0 Å². The first-order valence-corrected chi connectivity index (χ1v) is 8.22. The summed E-state index contributed by atoms with van der Waals surface area (Å²) in [4.78, 5) is 11.8. The zero-order valence-corrected chi connectivity index (χ0v) is 15.2. The molecule has 0 amide bonds. The number of Topliss-reactive ketones (excluding diaryl/α,β-unsaturated/α-hetero) is 1. The van der Waals surface area contributed by atoms with Crippen molar-refractivity contribution < 1.29 is 9.53 Å². The van der Waals surface area contributed by atoms with Crippen molar-refractivity contribution in [2.45, 2.75) is 67.4 Å². The van der Waals surface area contributed by atoms with Gasteiger partial charge in [0, 0.05) is 12.8 Å². The van der Waals surface area contributed by atoms with Gasteiger partial charge in [0.05, 0.1) is 13.2 Å². The quantitative estimate of drug-likeness (QED) is 0.648. The molecule has 0 fully saturated rings. The number of hydrogen-bond acceptors (Lipinski definition) is 2. The molecule has 0 saturated carbocycles. The van der Waals surface area contributed by atoms with Crippen LogP contribution in [0.2, 0.25) is 0 Å². The molecule has 0 saturated heterocycles. The van der Waals surface area contributed by atoms with Gasteiger partial charge in [-0.15, -0.1) is 0 Å². The first-order chi connectivity index (χ1) is 10.1. The van der Waals surface area contributed by atoms with Crippen molar-refractivity contribution in [3.05, 3.63) is 35.4 Å². The number of carbonyl (C=O) groups is 1. The van der Waals surface area contributed by atoms with Crippen LogP contribution in [0.15, 0.2) is 24.3 Å². The van der Waals surface area contributed by atoms with E-state index in [0.29, 0.717) is 31.5 Å². The van der Waals surface area contributed by atoms with Gasteiger partial charge in [0.2, 0.25) is 0 Å². The molecule has 1 aromatic carbocycles. The van der Waals surface area contributed by atoms with Gasteiger partial charge in [-0.1, -0.05) is 65.8 Å². The summed E-state index contributed by atoms with van der Waals surface area (Å²) >= 11 is 0. The first kappa shape index (κ1) is 18.9. The van der Waals surface area contributed by atoms with Crippen molar-refractivity contribution in [2.24, 2.45) is 10.8 Å². The summed E-state index contributed by atoms with van der Waals surface area (Å²) in [6.45, 7) is 14.1. The Balaban J connectivity index is 2.30. The smallest absolute Gasteiger partial charge is 0.135 e. The van der Waals surface area contributed by atoms with E-state index in [9.17, 15) is 4.79 Å². The van der Waals surface area contributed by atoms with Crippen molar-refractivity contribution in [1.29, 1.82) is 0 Å². The van der Waals surface area contributed by atoms with Gasteiger partial charge in [-0.3, -0.25) is 4.79 Å². The maximum Gasteiger partial charge on any atom is 0.135 e. The van der Waals surface area contributed by atoms with E-state index in [4.69, 9.17) is 4.74 Å². The van der Waals surface area contributed by atoms with E-state index in [1.807, 2.05) is 0 Å². The molecule has 124 valence electrons. The summed E-state index contributed by atoms with van der Waals surface area (Å²) < 4.78 is 5.62. The van der Waals surface area contributed by atoms with Gasteiger partial charge in [0.1, 0.15) is 5.78 Å². The van der Waals surface area contributed by atoms with E-state index in [2.05, 4.69) is 65.8 Å². The maximum absolute atomic E-state index is 11.8. The number of ketones is 1. The van der Waals surface area contributed by atoms with Crippen molar-refractivity contribution in [3.63, 3.8) is 0 Å². The third kappa shape index (κ3) is 8.99. The Kier molecular flexibility index (Phi) is 6.80. The minimum Gasteiger partial charge on any atom is -0.376 e. The van der Waals surface area contributed by atoms with Crippen LogP contribution >= 0.6 is 0 Å². The molecule has 0 spiro atoms. The topological polar surface area (TPSA) is 26.3 Å². The largest absolute Gasteiger partial charge is 0.376 e. The predicted molar refractivity (Wildman–Crippen MR) is 93.0 cm³/mol. The standard InChI is InChI=1S/C20H32O2/c1-19(2,3)13-16-7-9-17(10-8-16)15-22-12-11-18(21)14-20(4,5)6/h7-10H,11-15H2,1-6H3. The highest BCUT2D eigenvalue weighted by Crippen LogP contribution is 2.21. The van der Waals surface area contributed by atoms with E-state index in [1.54, 1.807) is 0 Å². The second kappa shape index (κ2) is 7.92. The Morgan fingerprint density at radius 3 is 1.95 bits per heavy atom. The lowest BCUT2D eigenvalue weighted by molar-refractivity contribution is -0.121. The summed E-state index contributed by atoms with van der Waals surface area (Å²) in [7, 11) is 0. The molecule has 22 heavy (non-hydrogen) atoms. The molecule has 0 aliphatic carbocycles. The van der Waals surface area contributed by atoms with Crippen LogP contribution in [0.4, 0.5) is 0 Å². The lowest BCUT2D eigenvalue weighted by Crippen LogP contribution is -2.14. The van der Waals surface area contributed by atoms with Crippen molar-refractivity contribution in [3.8, 4) is 0 Å². The maximum atomic E-state index is 11.8. The van der Waals surface area contributed by atoms with Gasteiger partial charge in [-0.05, 0) is 28.4 Å². The fourth-order valence-electron chi connectivity index (χ4n) is 2.42.